The van der Waals surface area contributed by atoms with Gasteiger partial charge >= 0.3 is 0 Å². The van der Waals surface area contributed by atoms with Crippen LogP contribution in [-0.4, -0.2) is 0 Å². The van der Waals surface area contributed by atoms with Crippen molar-refractivity contribution in [3.05, 3.63) is 101 Å². The largest absolute Gasteiger partial charge is 0.0843 e. The molecule has 0 aliphatic rings. The quantitative estimate of drug-likeness (QED) is 0.140. The van der Waals surface area contributed by atoms with E-state index in [0.29, 0.717) is 15.1 Å². The molecule has 0 saturated heterocycles. The van der Waals surface area contributed by atoms with Crippen molar-refractivity contribution in [3.63, 3.8) is 0 Å². The third-order valence-corrected chi connectivity index (χ3v) is 13.0. The van der Waals surface area contributed by atoms with Crippen molar-refractivity contribution >= 4 is 77.5 Å². The number of hydrogen-bond acceptors (Lipinski definition) is 0. The fourth-order valence-electron chi connectivity index (χ4n) is 5.55. The normalized spacial score (nSPS) is 14.6. The number of rotatable bonds is 15. The Morgan fingerprint density at radius 1 is 0.475 bits per heavy atom. The van der Waals surface area contributed by atoms with E-state index in [1.165, 1.54) is 16.7 Å². The summed E-state index contributed by atoms with van der Waals surface area (Å²) in [6.07, 6.45) is 9.72. The van der Waals surface area contributed by atoms with Crippen molar-refractivity contribution in [1.29, 1.82) is 0 Å². The first-order valence-electron chi connectivity index (χ1n) is 14.3. The van der Waals surface area contributed by atoms with Gasteiger partial charge in [0.15, 0.2) is 0 Å². The Morgan fingerprint density at radius 2 is 0.750 bits per heavy atom. The molecule has 3 aromatic rings. The molecule has 0 aliphatic carbocycles. The van der Waals surface area contributed by atoms with Crippen molar-refractivity contribution in [2.75, 3.05) is 0 Å². The third-order valence-electron chi connectivity index (χ3n) is 7.54. The van der Waals surface area contributed by atoms with Gasteiger partial charge in [-0.1, -0.05) is 155 Å². The monoisotopic (exact) mass is 676 g/mol. The van der Waals surface area contributed by atoms with Crippen LogP contribution in [0.5, 0.6) is 0 Å². The minimum absolute atomic E-state index is 0.238. The Balaban J connectivity index is 2.35. The predicted molar refractivity (Wildman–Crippen MR) is 183 cm³/mol. The van der Waals surface area contributed by atoms with Gasteiger partial charge in [-0.2, -0.15) is 0 Å². The highest BCUT2D eigenvalue weighted by Crippen LogP contribution is 2.74. The van der Waals surface area contributed by atoms with Gasteiger partial charge in [-0.05, 0) is 72.4 Å². The topological polar surface area (TPSA) is 0 Å². The summed E-state index contributed by atoms with van der Waals surface area (Å²) in [4.78, 5) is 0. The standard InChI is InChI=1S/C33H39Cl6P/c1-4-7-10-31(25-16-13-22(34)19-28(25)37)40(32(11-8-5-2)26-17-14-23(35)20-29(26)38)33(12-9-6-3)27-18-15-24(36)21-30(27)39/h13-21,31-33H,4-12H2,1-3H3. The lowest BCUT2D eigenvalue weighted by molar-refractivity contribution is 0.639. The summed E-state index contributed by atoms with van der Waals surface area (Å²) in [7, 11) is -0.775. The molecular formula is C33H39Cl6P. The Hall–Kier alpha value is -0.170. The van der Waals surface area contributed by atoms with Crippen molar-refractivity contribution < 1.29 is 0 Å². The van der Waals surface area contributed by atoms with E-state index in [2.05, 4.69) is 39.0 Å². The molecule has 0 nitrogen and oxygen atoms in total. The maximum Gasteiger partial charge on any atom is 0.0459 e. The van der Waals surface area contributed by atoms with Crippen LogP contribution in [0.3, 0.4) is 0 Å². The SMILES string of the molecule is CCCCC(c1ccc(Cl)cc1Cl)P(C(CCCC)c1ccc(Cl)cc1Cl)C(CCCC)c1ccc(Cl)cc1Cl. The lowest BCUT2D eigenvalue weighted by Gasteiger charge is -2.42. The van der Waals surface area contributed by atoms with Crippen LogP contribution < -0.4 is 0 Å². The zero-order valence-corrected chi connectivity index (χ0v) is 28.9. The first kappa shape index (κ1) is 34.3. The molecule has 3 rings (SSSR count). The summed E-state index contributed by atoms with van der Waals surface area (Å²) in [5.41, 5.74) is 4.22. The van der Waals surface area contributed by atoms with E-state index < -0.39 is 7.92 Å². The van der Waals surface area contributed by atoms with E-state index in [1.54, 1.807) is 0 Å². The van der Waals surface area contributed by atoms with Gasteiger partial charge in [0.1, 0.15) is 0 Å². The molecule has 0 fully saturated rings. The van der Waals surface area contributed by atoms with E-state index in [-0.39, 0.29) is 17.0 Å². The van der Waals surface area contributed by atoms with Crippen LogP contribution in [0.25, 0.3) is 0 Å². The summed E-state index contributed by atoms with van der Waals surface area (Å²) < 4.78 is 0. The van der Waals surface area contributed by atoms with Crippen LogP contribution in [0.4, 0.5) is 0 Å². The Labute approximate surface area is 272 Å². The summed E-state index contributed by atoms with van der Waals surface area (Å²) in [5.74, 6) is 0. The molecular weight excluding hydrogens is 640 g/mol. The van der Waals surface area contributed by atoms with Gasteiger partial charge in [-0.25, -0.2) is 0 Å². The van der Waals surface area contributed by atoms with Crippen molar-refractivity contribution in [3.8, 4) is 0 Å². The summed E-state index contributed by atoms with van der Waals surface area (Å²) in [5, 5.41) is 4.15. The molecule has 0 aliphatic heterocycles. The van der Waals surface area contributed by atoms with Crippen LogP contribution in [0.15, 0.2) is 54.6 Å². The lowest BCUT2D eigenvalue weighted by atomic mass is 10.0. The van der Waals surface area contributed by atoms with Crippen LogP contribution in [0.2, 0.25) is 30.1 Å². The first-order valence-corrected chi connectivity index (χ1v) is 18.2. The van der Waals surface area contributed by atoms with Crippen LogP contribution in [0, 0.1) is 0 Å². The second-order valence-electron chi connectivity index (χ2n) is 10.4. The molecule has 218 valence electrons. The van der Waals surface area contributed by atoms with Gasteiger partial charge in [0.05, 0.1) is 0 Å². The molecule has 0 saturated carbocycles. The molecule has 0 amide bonds. The zero-order chi connectivity index (χ0) is 29.2. The van der Waals surface area contributed by atoms with Crippen molar-refractivity contribution in [2.45, 2.75) is 95.5 Å². The van der Waals surface area contributed by atoms with E-state index in [4.69, 9.17) is 69.6 Å². The van der Waals surface area contributed by atoms with Gasteiger partial charge in [-0.3, -0.25) is 0 Å². The smallest absolute Gasteiger partial charge is 0.0459 e. The second-order valence-corrected chi connectivity index (χ2v) is 15.7. The van der Waals surface area contributed by atoms with Crippen molar-refractivity contribution in [2.24, 2.45) is 0 Å². The number of halogens is 6. The molecule has 7 heteroatoms. The summed E-state index contributed by atoms with van der Waals surface area (Å²) in [6.45, 7) is 6.74. The molecule has 3 unspecified atom stereocenters. The minimum Gasteiger partial charge on any atom is -0.0843 e. The van der Waals surface area contributed by atoms with E-state index >= 15 is 0 Å². The number of benzene rings is 3. The first-order chi connectivity index (χ1) is 19.2. The molecule has 0 heterocycles. The third kappa shape index (κ3) is 9.16. The Kier molecular flexibility index (Phi) is 14.8. The maximum absolute atomic E-state index is 7.00. The second kappa shape index (κ2) is 17.2. The Bertz CT molecular complexity index is 1080. The summed E-state index contributed by atoms with van der Waals surface area (Å²) >= 11 is 40.2. The molecule has 40 heavy (non-hydrogen) atoms. The van der Waals surface area contributed by atoms with Crippen LogP contribution >= 0.6 is 77.5 Å². The van der Waals surface area contributed by atoms with E-state index in [1.807, 2.05) is 36.4 Å². The van der Waals surface area contributed by atoms with Crippen molar-refractivity contribution in [1.82, 2.24) is 0 Å². The van der Waals surface area contributed by atoms with Crippen LogP contribution in [-0.2, 0) is 0 Å². The van der Waals surface area contributed by atoms with E-state index in [9.17, 15) is 0 Å². The molecule has 3 aromatic carbocycles. The fraction of sp³-hybridized carbons (Fsp3) is 0.455. The maximum atomic E-state index is 7.00. The van der Waals surface area contributed by atoms with Gasteiger partial charge in [0, 0.05) is 47.1 Å². The number of unbranched alkanes of at least 4 members (excludes halogenated alkanes) is 3. The molecule has 0 bridgehead atoms. The molecule has 0 N–H and O–H groups in total. The van der Waals surface area contributed by atoms with Gasteiger partial charge in [0.25, 0.3) is 0 Å². The average molecular weight is 679 g/mol. The molecule has 0 spiro atoms. The van der Waals surface area contributed by atoms with Gasteiger partial charge in [-0.15, -0.1) is 0 Å². The van der Waals surface area contributed by atoms with Gasteiger partial charge < -0.3 is 0 Å². The minimum atomic E-state index is -0.775. The average Bonchev–Trinajstić information content (AvgIpc) is 2.90. The highest BCUT2D eigenvalue weighted by atomic mass is 35.5. The lowest BCUT2D eigenvalue weighted by Crippen LogP contribution is -2.13. The zero-order valence-electron chi connectivity index (χ0n) is 23.5. The van der Waals surface area contributed by atoms with Crippen LogP contribution in [0.1, 0.15) is 112 Å². The predicted octanol–water partition coefficient (Wildman–Crippen LogP) is 15.2. The fourth-order valence-corrected chi connectivity index (χ4v) is 11.8. The summed E-state index contributed by atoms with van der Waals surface area (Å²) in [6, 6.07) is 18.0. The molecule has 0 aromatic heterocycles. The Morgan fingerprint density at radius 3 is 0.975 bits per heavy atom. The highest BCUT2D eigenvalue weighted by Gasteiger charge is 2.39. The molecule has 0 radical (unpaired) electrons. The highest BCUT2D eigenvalue weighted by molar-refractivity contribution is 7.58. The van der Waals surface area contributed by atoms with Gasteiger partial charge in [0.2, 0.25) is 0 Å². The molecule has 3 atom stereocenters. The van der Waals surface area contributed by atoms with E-state index in [0.717, 1.165) is 72.9 Å². The number of hydrogen-bond donors (Lipinski definition) is 0.